The summed E-state index contributed by atoms with van der Waals surface area (Å²) in [4.78, 5) is 10.1. The number of thiophene rings is 1. The first-order chi connectivity index (χ1) is 8.43. The third kappa shape index (κ3) is 2.78. The SMILES string of the molecule is CSC(C)(C)CNc1nc(C)nc2scc(C)c12. The van der Waals surface area contributed by atoms with E-state index >= 15 is 0 Å². The fourth-order valence-electron chi connectivity index (χ4n) is 1.69. The average Bonchev–Trinajstić information content (AvgIpc) is 2.68. The van der Waals surface area contributed by atoms with E-state index in [-0.39, 0.29) is 4.75 Å². The lowest BCUT2D eigenvalue weighted by atomic mass is 10.2. The summed E-state index contributed by atoms with van der Waals surface area (Å²) >= 11 is 3.54. The number of rotatable bonds is 4. The van der Waals surface area contributed by atoms with Crippen molar-refractivity contribution in [2.75, 3.05) is 18.1 Å². The molecule has 5 heteroatoms. The van der Waals surface area contributed by atoms with Crippen LogP contribution in [0.5, 0.6) is 0 Å². The standard InChI is InChI=1S/C13H19N3S2/c1-8-6-18-12-10(8)11(15-9(2)16-12)14-7-13(3,4)17-5/h6H,7H2,1-5H3,(H,14,15,16). The number of thioether (sulfide) groups is 1. The first-order valence-electron chi connectivity index (χ1n) is 5.94. The minimum Gasteiger partial charge on any atom is -0.368 e. The van der Waals surface area contributed by atoms with Gasteiger partial charge in [0.15, 0.2) is 0 Å². The number of hydrogen-bond donors (Lipinski definition) is 1. The van der Waals surface area contributed by atoms with Crippen molar-refractivity contribution in [1.82, 2.24) is 9.97 Å². The summed E-state index contributed by atoms with van der Waals surface area (Å²) in [5.74, 6) is 1.80. The van der Waals surface area contributed by atoms with Gasteiger partial charge in [-0.1, -0.05) is 0 Å². The quantitative estimate of drug-likeness (QED) is 0.923. The second-order valence-electron chi connectivity index (χ2n) is 5.04. The zero-order valence-electron chi connectivity index (χ0n) is 11.5. The molecule has 0 spiro atoms. The van der Waals surface area contributed by atoms with Crippen molar-refractivity contribution >= 4 is 39.1 Å². The van der Waals surface area contributed by atoms with Gasteiger partial charge in [0.25, 0.3) is 0 Å². The zero-order chi connectivity index (χ0) is 13.3. The van der Waals surface area contributed by atoms with Crippen molar-refractivity contribution in [2.24, 2.45) is 0 Å². The third-order valence-electron chi connectivity index (χ3n) is 2.96. The van der Waals surface area contributed by atoms with E-state index in [0.29, 0.717) is 0 Å². The van der Waals surface area contributed by atoms with E-state index in [1.165, 1.54) is 10.9 Å². The molecule has 0 aliphatic carbocycles. The Labute approximate surface area is 116 Å². The predicted octanol–water partition coefficient (Wildman–Crippen LogP) is 3.86. The molecule has 0 saturated carbocycles. The van der Waals surface area contributed by atoms with Crippen LogP contribution in [0.1, 0.15) is 25.2 Å². The first-order valence-corrected chi connectivity index (χ1v) is 8.05. The molecule has 0 amide bonds. The highest BCUT2D eigenvalue weighted by atomic mass is 32.2. The molecule has 98 valence electrons. The summed E-state index contributed by atoms with van der Waals surface area (Å²) < 4.78 is 0.203. The lowest BCUT2D eigenvalue weighted by Gasteiger charge is -2.23. The van der Waals surface area contributed by atoms with Gasteiger partial charge in [-0.3, -0.25) is 0 Å². The number of anilines is 1. The average molecular weight is 281 g/mol. The second-order valence-corrected chi connectivity index (χ2v) is 7.41. The molecule has 0 atom stereocenters. The van der Waals surface area contributed by atoms with E-state index in [0.717, 1.165) is 23.0 Å². The van der Waals surface area contributed by atoms with Crippen molar-refractivity contribution in [2.45, 2.75) is 32.4 Å². The van der Waals surface area contributed by atoms with Gasteiger partial charge >= 0.3 is 0 Å². The van der Waals surface area contributed by atoms with E-state index in [9.17, 15) is 0 Å². The Morgan fingerprint density at radius 2 is 2.06 bits per heavy atom. The molecule has 0 bridgehead atoms. The molecular weight excluding hydrogens is 262 g/mol. The highest BCUT2D eigenvalue weighted by molar-refractivity contribution is 7.99. The summed E-state index contributed by atoms with van der Waals surface area (Å²) in [5, 5.41) is 6.79. The van der Waals surface area contributed by atoms with Gasteiger partial charge in [-0.25, -0.2) is 9.97 Å². The summed E-state index contributed by atoms with van der Waals surface area (Å²) in [7, 11) is 0. The van der Waals surface area contributed by atoms with Crippen molar-refractivity contribution in [3.63, 3.8) is 0 Å². The number of fused-ring (bicyclic) bond motifs is 1. The van der Waals surface area contributed by atoms with Crippen LogP contribution >= 0.6 is 23.1 Å². The monoisotopic (exact) mass is 281 g/mol. The molecular formula is C13H19N3S2. The van der Waals surface area contributed by atoms with E-state index in [1.807, 2.05) is 18.7 Å². The van der Waals surface area contributed by atoms with E-state index in [1.54, 1.807) is 11.3 Å². The van der Waals surface area contributed by atoms with Gasteiger partial charge < -0.3 is 5.32 Å². The molecule has 0 aliphatic rings. The Morgan fingerprint density at radius 3 is 2.72 bits per heavy atom. The number of aromatic nitrogens is 2. The maximum absolute atomic E-state index is 4.55. The molecule has 2 rings (SSSR count). The van der Waals surface area contributed by atoms with Gasteiger partial charge in [0.1, 0.15) is 16.5 Å². The fourth-order valence-corrected chi connectivity index (χ4v) is 2.87. The van der Waals surface area contributed by atoms with Crippen LogP contribution in [0.25, 0.3) is 10.2 Å². The molecule has 2 heterocycles. The van der Waals surface area contributed by atoms with Crippen molar-refractivity contribution < 1.29 is 0 Å². The molecule has 3 nitrogen and oxygen atoms in total. The van der Waals surface area contributed by atoms with Crippen molar-refractivity contribution in [1.29, 1.82) is 0 Å². The lowest BCUT2D eigenvalue weighted by molar-refractivity contribution is 0.750. The largest absolute Gasteiger partial charge is 0.368 e. The smallest absolute Gasteiger partial charge is 0.138 e. The van der Waals surface area contributed by atoms with Crippen LogP contribution in [0.3, 0.4) is 0 Å². The van der Waals surface area contributed by atoms with Crippen LogP contribution in [0.15, 0.2) is 5.38 Å². The van der Waals surface area contributed by atoms with Crippen LogP contribution in [-0.4, -0.2) is 27.5 Å². The summed E-state index contributed by atoms with van der Waals surface area (Å²) in [6.45, 7) is 9.42. The Kier molecular flexibility index (Phi) is 3.82. The van der Waals surface area contributed by atoms with Gasteiger partial charge in [-0.15, -0.1) is 11.3 Å². The molecule has 0 radical (unpaired) electrons. The normalized spacial score (nSPS) is 12.1. The van der Waals surface area contributed by atoms with E-state index in [2.05, 4.69) is 47.7 Å². The fraction of sp³-hybridized carbons (Fsp3) is 0.538. The van der Waals surface area contributed by atoms with Crippen LogP contribution in [0, 0.1) is 13.8 Å². The zero-order valence-corrected chi connectivity index (χ0v) is 13.1. The predicted molar refractivity (Wildman–Crippen MR) is 83.0 cm³/mol. The number of aryl methyl sites for hydroxylation is 2. The summed E-state index contributed by atoms with van der Waals surface area (Å²) in [5.41, 5.74) is 1.25. The second kappa shape index (κ2) is 5.05. The van der Waals surface area contributed by atoms with Crippen molar-refractivity contribution in [3.05, 3.63) is 16.8 Å². The van der Waals surface area contributed by atoms with Gasteiger partial charge in [-0.2, -0.15) is 11.8 Å². The van der Waals surface area contributed by atoms with E-state index in [4.69, 9.17) is 0 Å². The van der Waals surface area contributed by atoms with E-state index < -0.39 is 0 Å². The summed E-state index contributed by atoms with van der Waals surface area (Å²) in [6, 6.07) is 0. The van der Waals surface area contributed by atoms with Gasteiger partial charge in [0.05, 0.1) is 5.39 Å². The lowest BCUT2D eigenvalue weighted by Crippen LogP contribution is -2.26. The third-order valence-corrected chi connectivity index (χ3v) is 5.20. The maximum atomic E-state index is 4.55. The Balaban J connectivity index is 2.35. The van der Waals surface area contributed by atoms with Crippen LogP contribution in [-0.2, 0) is 0 Å². The van der Waals surface area contributed by atoms with Gasteiger partial charge in [0, 0.05) is 11.3 Å². The Hall–Kier alpha value is -0.810. The topological polar surface area (TPSA) is 37.8 Å². The van der Waals surface area contributed by atoms with Crippen LogP contribution in [0.2, 0.25) is 0 Å². The first kappa shape index (κ1) is 13.6. The van der Waals surface area contributed by atoms with Crippen LogP contribution < -0.4 is 5.32 Å². The number of nitrogens with one attached hydrogen (secondary N) is 1. The van der Waals surface area contributed by atoms with Gasteiger partial charge in [0.2, 0.25) is 0 Å². The minimum absolute atomic E-state index is 0.203. The highest BCUT2D eigenvalue weighted by Gasteiger charge is 2.17. The molecule has 0 unspecified atom stereocenters. The van der Waals surface area contributed by atoms with Crippen molar-refractivity contribution in [3.8, 4) is 0 Å². The molecule has 0 fully saturated rings. The van der Waals surface area contributed by atoms with Crippen LogP contribution in [0.4, 0.5) is 5.82 Å². The molecule has 1 N–H and O–H groups in total. The number of hydrogen-bond acceptors (Lipinski definition) is 5. The molecule has 2 aromatic heterocycles. The summed E-state index contributed by atoms with van der Waals surface area (Å²) in [6.07, 6.45) is 2.14. The Bertz CT molecular complexity index is 561. The number of nitrogens with zero attached hydrogens (tertiary/aromatic N) is 2. The maximum Gasteiger partial charge on any atom is 0.138 e. The minimum atomic E-state index is 0.203. The molecule has 0 aromatic carbocycles. The van der Waals surface area contributed by atoms with Gasteiger partial charge in [-0.05, 0) is 44.9 Å². The molecule has 0 aliphatic heterocycles. The molecule has 18 heavy (non-hydrogen) atoms. The highest BCUT2D eigenvalue weighted by Crippen LogP contribution is 2.30. The molecule has 2 aromatic rings. The molecule has 0 saturated heterocycles. The Morgan fingerprint density at radius 1 is 1.33 bits per heavy atom.